The summed E-state index contributed by atoms with van der Waals surface area (Å²) in [5.41, 5.74) is 0.256. The normalized spacial score (nSPS) is 22.4. The van der Waals surface area contributed by atoms with E-state index in [9.17, 15) is 19.7 Å². The summed E-state index contributed by atoms with van der Waals surface area (Å²) < 4.78 is 0. The van der Waals surface area contributed by atoms with Crippen molar-refractivity contribution < 1.29 is 19.6 Å². The molecule has 0 radical (unpaired) electrons. The number of anilines is 1. The van der Waals surface area contributed by atoms with Gasteiger partial charge >= 0.3 is 5.97 Å². The van der Waals surface area contributed by atoms with E-state index in [1.165, 1.54) is 18.2 Å². The van der Waals surface area contributed by atoms with Crippen LogP contribution in [0.2, 0.25) is 0 Å². The highest BCUT2D eigenvalue weighted by atomic mass is 16.6. The van der Waals surface area contributed by atoms with Gasteiger partial charge in [-0.15, -0.1) is 0 Å². The summed E-state index contributed by atoms with van der Waals surface area (Å²) in [6, 6.07) is 4.26. The number of nitro groups is 1. The Hall–Kier alpha value is -2.44. The van der Waals surface area contributed by atoms with E-state index in [4.69, 9.17) is 5.11 Å². The van der Waals surface area contributed by atoms with Crippen LogP contribution in [0.5, 0.6) is 0 Å². The maximum Gasteiger partial charge on any atom is 0.307 e. The van der Waals surface area contributed by atoms with Crippen LogP contribution in [-0.2, 0) is 9.59 Å². The quantitative estimate of drug-likeness (QED) is 0.653. The lowest BCUT2D eigenvalue weighted by Crippen LogP contribution is -2.17. The molecule has 1 aromatic carbocycles. The molecule has 2 unspecified atom stereocenters. The number of aliphatic carboxylic acids is 1. The highest BCUT2D eigenvalue weighted by molar-refractivity contribution is 5.99. The maximum absolute atomic E-state index is 12.1. The van der Waals surface area contributed by atoms with Crippen LogP contribution < -0.4 is 5.32 Å². The molecule has 1 fully saturated rings. The number of hydrogen-bond acceptors (Lipinski definition) is 4. The van der Waals surface area contributed by atoms with Gasteiger partial charge in [0.15, 0.2) is 0 Å². The molecule has 0 heterocycles. The number of nitrogens with zero attached hydrogens (tertiary/aromatic N) is 1. The summed E-state index contributed by atoms with van der Waals surface area (Å²) in [5.74, 6) is -2.65. The summed E-state index contributed by atoms with van der Waals surface area (Å²) in [6.45, 7) is 5.04. The maximum atomic E-state index is 12.1. The molecule has 2 rings (SSSR count). The predicted octanol–water partition coefficient (Wildman–Crippen LogP) is 2.20. The topological polar surface area (TPSA) is 110 Å². The Balaban J connectivity index is 2.13. The number of nitrogens with one attached hydrogen (secondary N) is 1. The molecule has 0 bridgehead atoms. The summed E-state index contributed by atoms with van der Waals surface area (Å²) in [5, 5.41) is 22.4. The molecule has 0 saturated heterocycles. The smallest absolute Gasteiger partial charge is 0.307 e. The molecule has 1 aromatic rings. The van der Waals surface area contributed by atoms with Gasteiger partial charge in [0.25, 0.3) is 5.69 Å². The molecule has 2 N–H and O–H groups in total. The Morgan fingerprint density at radius 1 is 1.33 bits per heavy atom. The first-order chi connectivity index (χ1) is 9.66. The van der Waals surface area contributed by atoms with Crippen molar-refractivity contribution in [1.29, 1.82) is 0 Å². The molecule has 21 heavy (non-hydrogen) atoms. The van der Waals surface area contributed by atoms with E-state index < -0.39 is 28.1 Å². The number of hydrogen-bond donors (Lipinski definition) is 2. The summed E-state index contributed by atoms with van der Waals surface area (Å²) in [7, 11) is 0. The van der Waals surface area contributed by atoms with E-state index in [1.54, 1.807) is 20.8 Å². The second kappa shape index (κ2) is 4.83. The zero-order valence-corrected chi connectivity index (χ0v) is 11.9. The number of carbonyl (C=O) groups excluding carboxylic acids is 1. The third-order valence-electron chi connectivity index (χ3n) is 4.04. The van der Waals surface area contributed by atoms with E-state index in [0.29, 0.717) is 11.3 Å². The molecule has 0 aliphatic heterocycles. The van der Waals surface area contributed by atoms with E-state index in [-0.39, 0.29) is 11.6 Å². The minimum atomic E-state index is -0.986. The molecule has 0 aromatic heterocycles. The van der Waals surface area contributed by atoms with Crippen molar-refractivity contribution in [3.05, 3.63) is 33.9 Å². The van der Waals surface area contributed by atoms with Crippen molar-refractivity contribution in [2.24, 2.45) is 17.3 Å². The molecule has 1 amide bonds. The van der Waals surface area contributed by atoms with Gasteiger partial charge in [-0.3, -0.25) is 19.7 Å². The van der Waals surface area contributed by atoms with Crippen LogP contribution in [-0.4, -0.2) is 21.9 Å². The van der Waals surface area contributed by atoms with Gasteiger partial charge < -0.3 is 10.4 Å². The minimum Gasteiger partial charge on any atom is -0.481 e. The standard InChI is InChI=1S/C14H16N2O5/c1-7-6-8(4-5-9(7)16(20)21)15-12(17)10-11(13(18)19)14(10,2)3/h4-6,10-11H,1-3H3,(H,15,17)(H,18,19). The van der Waals surface area contributed by atoms with E-state index in [2.05, 4.69) is 5.32 Å². The Kier molecular flexibility index (Phi) is 3.44. The zero-order valence-electron chi connectivity index (χ0n) is 11.9. The number of benzene rings is 1. The number of rotatable bonds is 4. The van der Waals surface area contributed by atoms with Crippen molar-refractivity contribution >= 4 is 23.3 Å². The molecular formula is C14H16N2O5. The number of amides is 1. The number of carbonyl (C=O) groups is 2. The molecule has 2 atom stereocenters. The Labute approximate surface area is 121 Å². The summed E-state index contributed by atoms with van der Waals surface area (Å²) >= 11 is 0. The zero-order chi connectivity index (χ0) is 15.9. The Morgan fingerprint density at radius 2 is 1.95 bits per heavy atom. The largest absolute Gasteiger partial charge is 0.481 e. The lowest BCUT2D eigenvalue weighted by Gasteiger charge is -2.07. The van der Waals surface area contributed by atoms with Gasteiger partial charge in [0.2, 0.25) is 5.91 Å². The average Bonchev–Trinajstić information content (AvgIpc) is 2.92. The van der Waals surface area contributed by atoms with Crippen LogP contribution in [0.4, 0.5) is 11.4 Å². The van der Waals surface area contributed by atoms with Gasteiger partial charge in [-0.2, -0.15) is 0 Å². The van der Waals surface area contributed by atoms with Crippen LogP contribution >= 0.6 is 0 Å². The van der Waals surface area contributed by atoms with Crippen molar-refractivity contribution in [2.45, 2.75) is 20.8 Å². The van der Waals surface area contributed by atoms with E-state index in [0.717, 1.165) is 0 Å². The molecule has 7 heteroatoms. The predicted molar refractivity (Wildman–Crippen MR) is 74.9 cm³/mol. The first-order valence-electron chi connectivity index (χ1n) is 6.45. The van der Waals surface area contributed by atoms with Gasteiger partial charge in [0.05, 0.1) is 16.8 Å². The van der Waals surface area contributed by atoms with Crippen LogP contribution in [0.25, 0.3) is 0 Å². The minimum absolute atomic E-state index is 0.0248. The second-order valence-electron chi connectivity index (χ2n) is 5.86. The van der Waals surface area contributed by atoms with Crippen molar-refractivity contribution in [3.8, 4) is 0 Å². The van der Waals surface area contributed by atoms with Crippen molar-refractivity contribution in [3.63, 3.8) is 0 Å². The molecule has 1 saturated carbocycles. The van der Waals surface area contributed by atoms with E-state index >= 15 is 0 Å². The first-order valence-corrected chi connectivity index (χ1v) is 6.45. The molecule has 112 valence electrons. The van der Waals surface area contributed by atoms with Crippen LogP contribution in [0.3, 0.4) is 0 Å². The van der Waals surface area contributed by atoms with Crippen molar-refractivity contribution in [1.82, 2.24) is 0 Å². The third-order valence-corrected chi connectivity index (χ3v) is 4.04. The fourth-order valence-corrected chi connectivity index (χ4v) is 2.75. The monoisotopic (exact) mass is 292 g/mol. The van der Waals surface area contributed by atoms with Crippen LogP contribution in [0.15, 0.2) is 18.2 Å². The Morgan fingerprint density at radius 3 is 2.38 bits per heavy atom. The van der Waals surface area contributed by atoms with Gasteiger partial charge in [0.1, 0.15) is 0 Å². The fraction of sp³-hybridized carbons (Fsp3) is 0.429. The third kappa shape index (κ3) is 2.58. The molecule has 1 aliphatic carbocycles. The summed E-state index contributed by atoms with van der Waals surface area (Å²) in [6.07, 6.45) is 0. The van der Waals surface area contributed by atoms with Crippen molar-refractivity contribution in [2.75, 3.05) is 5.32 Å². The van der Waals surface area contributed by atoms with E-state index in [1.807, 2.05) is 0 Å². The van der Waals surface area contributed by atoms with Gasteiger partial charge in [-0.25, -0.2) is 0 Å². The number of nitro benzene ring substituents is 1. The SMILES string of the molecule is Cc1cc(NC(=O)C2C(C(=O)O)C2(C)C)ccc1[N+](=O)[O-]. The molecule has 7 nitrogen and oxygen atoms in total. The lowest BCUT2D eigenvalue weighted by atomic mass is 10.1. The van der Waals surface area contributed by atoms with Gasteiger partial charge in [-0.05, 0) is 24.5 Å². The highest BCUT2D eigenvalue weighted by Gasteiger charge is 2.65. The molecule has 1 aliphatic rings. The first kappa shape index (κ1) is 15.0. The number of carboxylic acid groups (broad SMARTS) is 1. The Bertz CT molecular complexity index is 638. The molecular weight excluding hydrogens is 276 g/mol. The summed E-state index contributed by atoms with van der Waals surface area (Å²) in [4.78, 5) is 33.4. The molecule has 0 spiro atoms. The lowest BCUT2D eigenvalue weighted by molar-refractivity contribution is -0.385. The average molecular weight is 292 g/mol. The van der Waals surface area contributed by atoms with Gasteiger partial charge in [0, 0.05) is 17.3 Å². The van der Waals surface area contributed by atoms with Gasteiger partial charge in [-0.1, -0.05) is 13.8 Å². The number of carboxylic acids is 1. The highest BCUT2D eigenvalue weighted by Crippen LogP contribution is 2.58. The van der Waals surface area contributed by atoms with Crippen LogP contribution in [0, 0.1) is 34.3 Å². The number of aryl methyl sites for hydroxylation is 1. The fourth-order valence-electron chi connectivity index (χ4n) is 2.75. The second-order valence-corrected chi connectivity index (χ2v) is 5.86. The van der Waals surface area contributed by atoms with Crippen LogP contribution in [0.1, 0.15) is 19.4 Å².